The lowest BCUT2D eigenvalue weighted by Gasteiger charge is -2.12. The van der Waals surface area contributed by atoms with Crippen molar-refractivity contribution in [1.82, 2.24) is 0 Å². The molecule has 0 bridgehead atoms. The summed E-state index contributed by atoms with van der Waals surface area (Å²) < 4.78 is 12.2. The van der Waals surface area contributed by atoms with Crippen molar-refractivity contribution < 1.29 is 14.3 Å². The molecule has 2 rings (SSSR count). The molecule has 5 heteroatoms. The lowest BCUT2D eigenvalue weighted by Crippen LogP contribution is -2.02. The largest absolute Gasteiger partial charge is 0.496 e. The first kappa shape index (κ1) is 13.6. The number of benzene rings is 1. The van der Waals surface area contributed by atoms with Crippen LogP contribution in [0.15, 0.2) is 43.9 Å². The number of aliphatic hydroxyl groups excluding tert-OH is 1. The second-order valence-electron chi connectivity index (χ2n) is 3.82. The molecule has 0 aliphatic rings. The molecular weight excluding hydrogens is 364 g/mol. The fourth-order valence-corrected chi connectivity index (χ4v) is 2.45. The van der Waals surface area contributed by atoms with Crippen molar-refractivity contribution in [2.75, 3.05) is 7.11 Å². The minimum atomic E-state index is -0.695. The number of ether oxygens (including phenoxy) is 1. The van der Waals surface area contributed by atoms with Crippen molar-refractivity contribution in [3.63, 3.8) is 0 Å². The minimum Gasteiger partial charge on any atom is -0.496 e. The van der Waals surface area contributed by atoms with Crippen molar-refractivity contribution in [2.45, 2.75) is 12.5 Å². The highest BCUT2D eigenvalue weighted by atomic mass is 79.9. The van der Waals surface area contributed by atoms with E-state index in [4.69, 9.17) is 9.15 Å². The lowest BCUT2D eigenvalue weighted by molar-refractivity contribution is 0.148. The Balaban J connectivity index is 2.20. The van der Waals surface area contributed by atoms with Gasteiger partial charge in [-0.25, -0.2) is 0 Å². The molecule has 18 heavy (non-hydrogen) atoms. The molecule has 0 aliphatic carbocycles. The number of rotatable bonds is 4. The standard InChI is InChI=1S/C13H12Br2O3/c1-17-11-3-2-9(14)6-8(11)7-10(16)12-4-5-13(15)18-12/h2-6,10,16H,7H2,1H3. The van der Waals surface area contributed by atoms with Crippen LogP contribution >= 0.6 is 31.9 Å². The van der Waals surface area contributed by atoms with Gasteiger partial charge in [0.05, 0.1) is 7.11 Å². The van der Waals surface area contributed by atoms with Gasteiger partial charge in [0.15, 0.2) is 4.67 Å². The summed E-state index contributed by atoms with van der Waals surface area (Å²) in [7, 11) is 1.61. The predicted octanol–water partition coefficient (Wildman–Crippen LogP) is 4.09. The van der Waals surface area contributed by atoms with Crippen LogP contribution in [0.1, 0.15) is 17.4 Å². The summed E-state index contributed by atoms with van der Waals surface area (Å²) in [6.07, 6.45) is -0.262. The molecule has 0 aliphatic heterocycles. The van der Waals surface area contributed by atoms with E-state index in [1.165, 1.54) is 0 Å². The monoisotopic (exact) mass is 374 g/mol. The van der Waals surface area contributed by atoms with E-state index in [1.807, 2.05) is 18.2 Å². The molecule has 2 aromatic rings. The second-order valence-corrected chi connectivity index (χ2v) is 5.52. The average Bonchev–Trinajstić information content (AvgIpc) is 2.76. The zero-order valence-corrected chi connectivity index (χ0v) is 12.9. The van der Waals surface area contributed by atoms with E-state index in [9.17, 15) is 5.11 Å². The van der Waals surface area contributed by atoms with Gasteiger partial charge in [-0.2, -0.15) is 0 Å². The summed E-state index contributed by atoms with van der Waals surface area (Å²) in [6.45, 7) is 0. The van der Waals surface area contributed by atoms with Gasteiger partial charge in [-0.15, -0.1) is 0 Å². The highest BCUT2D eigenvalue weighted by Crippen LogP contribution is 2.29. The molecule has 0 fully saturated rings. The summed E-state index contributed by atoms with van der Waals surface area (Å²) in [5.74, 6) is 1.28. The van der Waals surface area contributed by atoms with Crippen LogP contribution in [0.4, 0.5) is 0 Å². The van der Waals surface area contributed by atoms with Gasteiger partial charge in [0.25, 0.3) is 0 Å². The maximum Gasteiger partial charge on any atom is 0.169 e. The maximum absolute atomic E-state index is 10.1. The van der Waals surface area contributed by atoms with Gasteiger partial charge in [-0.05, 0) is 51.8 Å². The van der Waals surface area contributed by atoms with Gasteiger partial charge in [0.1, 0.15) is 17.6 Å². The first-order valence-electron chi connectivity index (χ1n) is 5.36. The zero-order valence-electron chi connectivity index (χ0n) is 9.69. The van der Waals surface area contributed by atoms with Gasteiger partial charge in [-0.1, -0.05) is 15.9 Å². The van der Waals surface area contributed by atoms with Crippen molar-refractivity contribution in [1.29, 1.82) is 0 Å². The molecule has 1 N–H and O–H groups in total. The third-order valence-corrected chi connectivity index (χ3v) is 3.50. The highest BCUT2D eigenvalue weighted by Gasteiger charge is 2.15. The fraction of sp³-hybridized carbons (Fsp3) is 0.231. The Bertz CT molecular complexity index is 537. The first-order chi connectivity index (χ1) is 8.60. The number of furan rings is 1. The molecule has 0 amide bonds. The van der Waals surface area contributed by atoms with Crippen LogP contribution in [-0.4, -0.2) is 12.2 Å². The molecule has 0 saturated heterocycles. The van der Waals surface area contributed by atoms with Gasteiger partial charge in [0, 0.05) is 10.9 Å². The van der Waals surface area contributed by atoms with Crippen LogP contribution in [0.25, 0.3) is 0 Å². The minimum absolute atomic E-state index is 0.433. The molecule has 1 heterocycles. The highest BCUT2D eigenvalue weighted by molar-refractivity contribution is 9.10. The normalized spacial score (nSPS) is 12.4. The van der Waals surface area contributed by atoms with E-state index in [2.05, 4.69) is 31.9 Å². The van der Waals surface area contributed by atoms with E-state index < -0.39 is 6.10 Å². The van der Waals surface area contributed by atoms with Gasteiger partial charge < -0.3 is 14.3 Å². The molecule has 1 atom stereocenters. The van der Waals surface area contributed by atoms with E-state index in [-0.39, 0.29) is 0 Å². The summed E-state index contributed by atoms with van der Waals surface area (Å²) in [5, 5.41) is 10.1. The maximum atomic E-state index is 10.1. The summed E-state index contributed by atoms with van der Waals surface area (Å²) in [6, 6.07) is 9.21. The Morgan fingerprint density at radius 2 is 2.06 bits per heavy atom. The Morgan fingerprint density at radius 1 is 1.28 bits per heavy atom. The predicted molar refractivity (Wildman–Crippen MR) is 75.8 cm³/mol. The molecule has 3 nitrogen and oxygen atoms in total. The van der Waals surface area contributed by atoms with Crippen molar-refractivity contribution in [3.05, 3.63) is 50.8 Å². The van der Waals surface area contributed by atoms with Crippen molar-refractivity contribution in [2.24, 2.45) is 0 Å². The first-order valence-corrected chi connectivity index (χ1v) is 6.94. The quantitative estimate of drug-likeness (QED) is 0.875. The van der Waals surface area contributed by atoms with Crippen LogP contribution in [0.2, 0.25) is 0 Å². The molecule has 1 aromatic heterocycles. The fourth-order valence-electron chi connectivity index (χ4n) is 1.72. The van der Waals surface area contributed by atoms with Gasteiger partial charge in [-0.3, -0.25) is 0 Å². The van der Waals surface area contributed by atoms with Gasteiger partial charge in [0.2, 0.25) is 0 Å². The molecule has 1 unspecified atom stereocenters. The third kappa shape index (κ3) is 3.16. The number of methoxy groups -OCH3 is 1. The van der Waals surface area contributed by atoms with Crippen LogP contribution in [0, 0.1) is 0 Å². The Labute approximate surface area is 122 Å². The number of aliphatic hydroxyl groups is 1. The lowest BCUT2D eigenvalue weighted by atomic mass is 10.1. The molecule has 0 spiro atoms. The van der Waals surface area contributed by atoms with E-state index >= 15 is 0 Å². The van der Waals surface area contributed by atoms with Crippen LogP contribution in [-0.2, 0) is 6.42 Å². The van der Waals surface area contributed by atoms with Crippen LogP contribution in [0.5, 0.6) is 5.75 Å². The summed E-state index contributed by atoms with van der Waals surface area (Å²) in [4.78, 5) is 0. The Kier molecular flexibility index (Phi) is 4.48. The molecule has 0 saturated carbocycles. The molecule has 0 radical (unpaired) electrons. The zero-order chi connectivity index (χ0) is 13.1. The molecule has 96 valence electrons. The van der Waals surface area contributed by atoms with Crippen molar-refractivity contribution >= 4 is 31.9 Å². The summed E-state index contributed by atoms with van der Waals surface area (Å²) >= 11 is 6.62. The van der Waals surface area contributed by atoms with E-state index in [1.54, 1.807) is 19.2 Å². The third-order valence-electron chi connectivity index (χ3n) is 2.58. The SMILES string of the molecule is COc1ccc(Br)cc1CC(O)c1ccc(Br)o1. The number of hydrogen-bond acceptors (Lipinski definition) is 3. The summed E-state index contributed by atoms with van der Waals surface area (Å²) in [5.41, 5.74) is 0.923. The molecule has 1 aromatic carbocycles. The molecular formula is C13H12Br2O3. The van der Waals surface area contributed by atoms with Gasteiger partial charge >= 0.3 is 0 Å². The van der Waals surface area contributed by atoms with Crippen molar-refractivity contribution in [3.8, 4) is 5.75 Å². The van der Waals surface area contributed by atoms with E-state index in [0.717, 1.165) is 15.8 Å². The Hall–Kier alpha value is -0.780. The average molecular weight is 376 g/mol. The smallest absolute Gasteiger partial charge is 0.169 e. The number of halogens is 2. The van der Waals surface area contributed by atoms with Crippen LogP contribution in [0.3, 0.4) is 0 Å². The van der Waals surface area contributed by atoms with Crippen LogP contribution < -0.4 is 4.74 Å². The topological polar surface area (TPSA) is 42.6 Å². The Morgan fingerprint density at radius 3 is 2.67 bits per heavy atom. The number of hydrogen-bond donors (Lipinski definition) is 1. The van der Waals surface area contributed by atoms with E-state index in [0.29, 0.717) is 16.9 Å². The second kappa shape index (κ2) is 5.91.